The number of aliphatic carboxylic acids is 1. The van der Waals surface area contributed by atoms with Crippen molar-refractivity contribution in [3.63, 3.8) is 0 Å². The highest BCUT2D eigenvalue weighted by Crippen LogP contribution is 2.43. The van der Waals surface area contributed by atoms with Crippen LogP contribution in [0.4, 0.5) is 0 Å². The van der Waals surface area contributed by atoms with Crippen LogP contribution in [0.15, 0.2) is 60.8 Å². The SMILES string of the molecule is CCCCC/C=C\C/C=C\C/C=C\CCCCC(=O)OC[C@H](COP(=O)(O)OC[C@H](N)C(=O)O)OC(=O)CCC/C=C\C[C@H]1[C@@H](O)CC(O)O[C@@H]1/C=C/[C@@H](O)CCCCC. The number of aliphatic hydroxyl groups is 3. The van der Waals surface area contributed by atoms with E-state index in [0.29, 0.717) is 32.1 Å². The van der Waals surface area contributed by atoms with Gasteiger partial charge in [-0.2, -0.15) is 0 Å². The topological polar surface area (TPSA) is 242 Å². The van der Waals surface area contributed by atoms with Crippen LogP contribution in [-0.2, 0) is 42.2 Å². The summed E-state index contributed by atoms with van der Waals surface area (Å²) in [6.07, 6.45) is 29.1. The summed E-state index contributed by atoms with van der Waals surface area (Å²) >= 11 is 0. The number of hydrogen-bond acceptors (Lipinski definition) is 13. The number of carbonyl (C=O) groups is 3. The van der Waals surface area contributed by atoms with Crippen LogP contribution in [0.5, 0.6) is 0 Å². The van der Waals surface area contributed by atoms with Gasteiger partial charge in [0.15, 0.2) is 12.4 Å². The van der Waals surface area contributed by atoms with Gasteiger partial charge in [-0.05, 0) is 70.6 Å². The number of phosphoric ester groups is 1. The Labute approximate surface area is 357 Å². The second-order valence-electron chi connectivity index (χ2n) is 15.0. The molecule has 0 spiro atoms. The number of carbonyl (C=O) groups excluding carboxylic acids is 2. The Balaban J connectivity index is 2.59. The Morgan fingerprint density at radius 3 is 2.03 bits per heavy atom. The molecule has 1 aliphatic rings. The zero-order valence-electron chi connectivity index (χ0n) is 35.8. The van der Waals surface area contributed by atoms with Crippen LogP contribution in [0.3, 0.4) is 0 Å². The number of unbranched alkanes of at least 4 members (excludes halogenated alkanes) is 8. The lowest BCUT2D eigenvalue weighted by Gasteiger charge is -2.36. The summed E-state index contributed by atoms with van der Waals surface area (Å²) < 4.78 is 38.3. The summed E-state index contributed by atoms with van der Waals surface area (Å²) in [5, 5.41) is 39.9. The predicted molar refractivity (Wildman–Crippen MR) is 229 cm³/mol. The number of nitrogens with two attached hydrogens (primary N) is 1. The van der Waals surface area contributed by atoms with Gasteiger partial charge in [0.25, 0.3) is 0 Å². The van der Waals surface area contributed by atoms with Crippen molar-refractivity contribution in [2.75, 3.05) is 19.8 Å². The maximum atomic E-state index is 12.7. The zero-order valence-corrected chi connectivity index (χ0v) is 36.7. The average molecular weight is 872 g/mol. The molecule has 1 fully saturated rings. The number of aliphatic hydroxyl groups excluding tert-OH is 3. The fourth-order valence-electron chi connectivity index (χ4n) is 5.99. The molecule has 0 aromatic rings. The molecule has 60 heavy (non-hydrogen) atoms. The molecule has 1 saturated heterocycles. The van der Waals surface area contributed by atoms with E-state index in [0.717, 1.165) is 51.4 Å². The van der Waals surface area contributed by atoms with Crippen LogP contribution < -0.4 is 5.73 Å². The van der Waals surface area contributed by atoms with Gasteiger partial charge in [0, 0.05) is 25.2 Å². The highest BCUT2D eigenvalue weighted by molar-refractivity contribution is 7.47. The van der Waals surface area contributed by atoms with Crippen molar-refractivity contribution in [3.8, 4) is 0 Å². The first-order valence-electron chi connectivity index (χ1n) is 21.7. The van der Waals surface area contributed by atoms with Gasteiger partial charge in [-0.15, -0.1) is 0 Å². The molecule has 0 aliphatic carbocycles. The van der Waals surface area contributed by atoms with Crippen molar-refractivity contribution >= 4 is 25.7 Å². The van der Waals surface area contributed by atoms with Crippen molar-refractivity contribution < 1.29 is 67.5 Å². The summed E-state index contributed by atoms with van der Waals surface area (Å²) in [6.45, 7) is 2.33. The fourth-order valence-corrected chi connectivity index (χ4v) is 6.77. The number of phosphoric acid groups is 1. The van der Waals surface area contributed by atoms with Crippen LogP contribution in [0.1, 0.15) is 136 Å². The molecule has 15 nitrogen and oxygen atoms in total. The molecule has 1 rings (SSSR count). The van der Waals surface area contributed by atoms with Crippen LogP contribution in [0.25, 0.3) is 0 Å². The first-order valence-corrected chi connectivity index (χ1v) is 23.2. The third-order valence-corrected chi connectivity index (χ3v) is 10.5. The minimum Gasteiger partial charge on any atom is -0.480 e. The number of carboxylic acids is 1. The van der Waals surface area contributed by atoms with Crippen molar-refractivity contribution in [1.29, 1.82) is 0 Å². The Morgan fingerprint density at radius 1 is 0.783 bits per heavy atom. The molecule has 2 unspecified atom stereocenters. The lowest BCUT2D eigenvalue weighted by Crippen LogP contribution is -2.43. The summed E-state index contributed by atoms with van der Waals surface area (Å²) in [7, 11) is -4.81. The van der Waals surface area contributed by atoms with E-state index in [1.54, 1.807) is 12.2 Å². The third kappa shape index (κ3) is 29.3. The predicted octanol–water partition coefficient (Wildman–Crippen LogP) is 7.27. The van der Waals surface area contributed by atoms with Gasteiger partial charge < -0.3 is 45.3 Å². The smallest absolute Gasteiger partial charge is 0.472 e. The van der Waals surface area contributed by atoms with Crippen molar-refractivity contribution in [3.05, 3.63) is 60.8 Å². The van der Waals surface area contributed by atoms with E-state index in [-0.39, 0.29) is 25.2 Å². The van der Waals surface area contributed by atoms with Crippen molar-refractivity contribution in [2.24, 2.45) is 11.7 Å². The molecule has 7 N–H and O–H groups in total. The molecule has 16 heteroatoms. The standard InChI is InChI=1S/C44H74NO14P/c1-3-5-7-8-9-10-11-12-13-14-15-16-17-18-23-27-41(48)55-32-36(33-56-60(53,54)57-34-38(45)44(51)52)58-42(49)28-24-20-19-22-26-37-39(47)31-43(50)59-40(37)30-29-35(46)25-21-6-4-2/h9-10,12-13,15-16,19,22,29-30,35-40,43,46-47,50H,3-8,11,14,17-18,20-21,23-28,31-34,45H2,1-2H3,(H,51,52)(H,53,54)/b10-9-,13-12-,16-15-,22-19-,30-29+/t35-,36+,37-,38-,39-,40+,43?/m0/s1. The Kier molecular flexibility index (Phi) is 31.7. The number of hydrogen-bond donors (Lipinski definition) is 6. The van der Waals surface area contributed by atoms with E-state index in [4.69, 9.17) is 29.6 Å². The zero-order chi connectivity index (χ0) is 44.4. The number of carboxylic acid groups (broad SMARTS) is 1. The largest absolute Gasteiger partial charge is 0.480 e. The number of ether oxygens (including phenoxy) is 3. The van der Waals surface area contributed by atoms with E-state index in [2.05, 4.69) is 54.8 Å². The monoisotopic (exact) mass is 871 g/mol. The van der Waals surface area contributed by atoms with Crippen LogP contribution in [0.2, 0.25) is 0 Å². The highest BCUT2D eigenvalue weighted by atomic mass is 31.2. The van der Waals surface area contributed by atoms with Gasteiger partial charge in [-0.25, -0.2) is 4.57 Å². The minimum absolute atomic E-state index is 0.0440. The van der Waals surface area contributed by atoms with Crippen LogP contribution in [0, 0.1) is 5.92 Å². The Morgan fingerprint density at radius 2 is 1.37 bits per heavy atom. The quantitative estimate of drug-likeness (QED) is 0.0159. The van der Waals surface area contributed by atoms with Crippen LogP contribution >= 0.6 is 7.82 Å². The van der Waals surface area contributed by atoms with Crippen molar-refractivity contribution in [1.82, 2.24) is 0 Å². The summed E-state index contributed by atoms with van der Waals surface area (Å²) in [5.41, 5.74) is 5.32. The molecule has 344 valence electrons. The van der Waals surface area contributed by atoms with E-state index in [9.17, 15) is 39.2 Å². The van der Waals surface area contributed by atoms with E-state index in [1.165, 1.54) is 19.3 Å². The van der Waals surface area contributed by atoms with E-state index >= 15 is 0 Å². The molecule has 0 radical (unpaired) electrons. The third-order valence-electron chi connectivity index (χ3n) is 9.53. The van der Waals surface area contributed by atoms with Gasteiger partial charge in [-0.1, -0.05) is 107 Å². The molecule has 1 aliphatic heterocycles. The van der Waals surface area contributed by atoms with Gasteiger partial charge in [0.2, 0.25) is 0 Å². The molecule has 1 heterocycles. The van der Waals surface area contributed by atoms with Gasteiger partial charge >= 0.3 is 25.7 Å². The molecular weight excluding hydrogens is 797 g/mol. The average Bonchev–Trinajstić information content (AvgIpc) is 3.20. The first-order chi connectivity index (χ1) is 28.8. The second kappa shape index (κ2) is 34.6. The number of rotatable bonds is 35. The van der Waals surface area contributed by atoms with E-state index < -0.39 is 82.3 Å². The lowest BCUT2D eigenvalue weighted by atomic mass is 9.87. The second-order valence-corrected chi connectivity index (χ2v) is 16.5. The molecule has 8 atom stereocenters. The fraction of sp³-hybridized carbons (Fsp3) is 0.705. The van der Waals surface area contributed by atoms with Crippen LogP contribution in [-0.4, -0.2) is 99.8 Å². The van der Waals surface area contributed by atoms with E-state index in [1.807, 2.05) is 12.2 Å². The van der Waals surface area contributed by atoms with Gasteiger partial charge in [-0.3, -0.25) is 23.4 Å². The summed E-state index contributed by atoms with van der Waals surface area (Å²) in [4.78, 5) is 46.2. The molecule has 0 aromatic heterocycles. The molecular formula is C44H74NO14P. The summed E-state index contributed by atoms with van der Waals surface area (Å²) in [6, 6.07) is -1.58. The van der Waals surface area contributed by atoms with Gasteiger partial charge in [0.1, 0.15) is 12.6 Å². The Bertz CT molecular complexity index is 1370. The first kappa shape index (κ1) is 55.0. The molecule has 0 amide bonds. The molecule has 0 saturated carbocycles. The lowest BCUT2D eigenvalue weighted by molar-refractivity contribution is -0.199. The minimum atomic E-state index is -4.81. The van der Waals surface area contributed by atoms with Gasteiger partial charge in [0.05, 0.1) is 31.5 Å². The maximum absolute atomic E-state index is 12.7. The number of esters is 2. The molecule has 0 aromatic carbocycles. The summed E-state index contributed by atoms with van der Waals surface area (Å²) in [5.74, 6) is -3.02. The molecule has 0 bridgehead atoms. The Hall–Kier alpha value is -2.98. The number of allylic oxidation sites excluding steroid dienone is 8. The normalized spacial score (nSPS) is 21.2. The highest BCUT2D eigenvalue weighted by Gasteiger charge is 2.35. The van der Waals surface area contributed by atoms with Crippen molar-refractivity contribution in [2.45, 2.75) is 173 Å². The maximum Gasteiger partial charge on any atom is 0.472 e.